The number of nitrogens with zero attached hydrogens (tertiary/aromatic N) is 3. The second-order valence-electron chi connectivity index (χ2n) is 3.91. The van der Waals surface area contributed by atoms with Crippen molar-refractivity contribution >= 4 is 33.4 Å². The largest absolute Gasteiger partial charge is 0.343 e. The van der Waals surface area contributed by atoms with Crippen molar-refractivity contribution in [3.63, 3.8) is 0 Å². The highest BCUT2D eigenvalue weighted by Crippen LogP contribution is 2.33. The molecule has 3 aromatic heterocycles. The van der Waals surface area contributed by atoms with Gasteiger partial charge in [-0.15, -0.1) is 0 Å². The minimum Gasteiger partial charge on any atom is -0.343 e. The summed E-state index contributed by atoms with van der Waals surface area (Å²) in [6.45, 7) is 2.04. The Labute approximate surface area is 97.7 Å². The van der Waals surface area contributed by atoms with Gasteiger partial charge in [-0.3, -0.25) is 4.98 Å². The molecule has 4 heteroatoms. The Morgan fingerprint density at radius 1 is 1.31 bits per heavy atom. The molecular formula is C12H10ClN3. The highest BCUT2D eigenvalue weighted by atomic mass is 35.5. The molecule has 0 aliphatic carbocycles. The van der Waals surface area contributed by atoms with Gasteiger partial charge in [-0.25, -0.2) is 4.98 Å². The van der Waals surface area contributed by atoms with E-state index in [2.05, 4.69) is 14.5 Å². The zero-order valence-electron chi connectivity index (χ0n) is 9.03. The van der Waals surface area contributed by atoms with E-state index < -0.39 is 0 Å². The first-order chi connectivity index (χ1) is 7.70. The van der Waals surface area contributed by atoms with Crippen molar-refractivity contribution in [3.8, 4) is 0 Å². The van der Waals surface area contributed by atoms with Crippen LogP contribution in [-0.4, -0.2) is 14.5 Å². The molecule has 0 fully saturated rings. The summed E-state index contributed by atoms with van der Waals surface area (Å²) in [6, 6.07) is 1.99. The molecule has 0 atom stereocenters. The van der Waals surface area contributed by atoms with E-state index in [1.807, 2.05) is 26.2 Å². The summed E-state index contributed by atoms with van der Waals surface area (Å²) in [5.41, 5.74) is 3.38. The summed E-state index contributed by atoms with van der Waals surface area (Å²) < 4.78 is 2.13. The first-order valence-corrected chi connectivity index (χ1v) is 5.41. The molecule has 0 saturated carbocycles. The zero-order chi connectivity index (χ0) is 11.3. The molecule has 0 aliphatic heterocycles. The maximum atomic E-state index is 6.17. The molecule has 3 heterocycles. The first-order valence-electron chi connectivity index (χ1n) is 5.03. The molecule has 0 amide bonds. The van der Waals surface area contributed by atoms with E-state index in [-0.39, 0.29) is 0 Å². The molecule has 0 N–H and O–H groups in total. The topological polar surface area (TPSA) is 30.7 Å². The number of hydrogen-bond donors (Lipinski definition) is 0. The summed E-state index contributed by atoms with van der Waals surface area (Å²) in [5, 5.41) is 2.59. The smallest absolute Gasteiger partial charge is 0.139 e. The van der Waals surface area contributed by atoms with Gasteiger partial charge in [-0.05, 0) is 18.6 Å². The third kappa shape index (κ3) is 1.09. The molecule has 0 spiro atoms. The number of hydrogen-bond acceptors (Lipinski definition) is 2. The zero-order valence-corrected chi connectivity index (χ0v) is 9.78. The van der Waals surface area contributed by atoms with E-state index in [0.29, 0.717) is 5.15 Å². The number of rotatable bonds is 0. The monoisotopic (exact) mass is 231 g/mol. The van der Waals surface area contributed by atoms with Crippen LogP contribution in [0.4, 0.5) is 0 Å². The van der Waals surface area contributed by atoms with Gasteiger partial charge in [0.1, 0.15) is 5.15 Å². The van der Waals surface area contributed by atoms with Crippen molar-refractivity contribution < 1.29 is 0 Å². The Morgan fingerprint density at radius 3 is 2.94 bits per heavy atom. The summed E-state index contributed by atoms with van der Waals surface area (Å²) in [4.78, 5) is 8.34. The van der Waals surface area contributed by atoms with Crippen LogP contribution in [0.3, 0.4) is 0 Å². The molecule has 0 saturated heterocycles. The van der Waals surface area contributed by atoms with Crippen LogP contribution in [0.15, 0.2) is 24.7 Å². The minimum atomic E-state index is 0.541. The SMILES string of the molecule is Cc1cnc(Cl)c2c3cnccc3n(C)c12. The average molecular weight is 232 g/mol. The number of aromatic nitrogens is 3. The van der Waals surface area contributed by atoms with Crippen LogP contribution in [0.1, 0.15) is 5.56 Å². The molecule has 3 rings (SSSR count). The lowest BCUT2D eigenvalue weighted by atomic mass is 10.2. The fourth-order valence-corrected chi connectivity index (χ4v) is 2.48. The van der Waals surface area contributed by atoms with Crippen molar-refractivity contribution in [2.75, 3.05) is 0 Å². The highest BCUT2D eigenvalue weighted by molar-refractivity contribution is 6.36. The van der Waals surface area contributed by atoms with Gasteiger partial charge in [-0.2, -0.15) is 0 Å². The molecule has 0 radical (unpaired) electrons. The van der Waals surface area contributed by atoms with E-state index >= 15 is 0 Å². The normalized spacial score (nSPS) is 11.4. The van der Waals surface area contributed by atoms with Gasteiger partial charge in [0.2, 0.25) is 0 Å². The maximum Gasteiger partial charge on any atom is 0.139 e. The summed E-state index contributed by atoms with van der Waals surface area (Å²) in [6.07, 6.45) is 5.43. The Kier molecular flexibility index (Phi) is 1.91. The van der Waals surface area contributed by atoms with Crippen LogP contribution in [0.2, 0.25) is 5.15 Å². The lowest BCUT2D eigenvalue weighted by Gasteiger charge is -2.01. The molecule has 0 unspecified atom stereocenters. The second-order valence-corrected chi connectivity index (χ2v) is 4.27. The molecule has 0 bridgehead atoms. The predicted octanol–water partition coefficient (Wildman–Crippen LogP) is 3.08. The average Bonchev–Trinajstić information content (AvgIpc) is 2.60. The Hall–Kier alpha value is -1.61. The van der Waals surface area contributed by atoms with E-state index in [9.17, 15) is 0 Å². The molecule has 0 aromatic carbocycles. The number of aryl methyl sites for hydroxylation is 2. The van der Waals surface area contributed by atoms with Gasteiger partial charge in [0.25, 0.3) is 0 Å². The third-order valence-electron chi connectivity index (χ3n) is 2.95. The summed E-state index contributed by atoms with van der Waals surface area (Å²) >= 11 is 6.17. The van der Waals surface area contributed by atoms with Gasteiger partial charge >= 0.3 is 0 Å². The van der Waals surface area contributed by atoms with Crippen LogP contribution >= 0.6 is 11.6 Å². The Morgan fingerprint density at radius 2 is 2.12 bits per heavy atom. The second kappa shape index (κ2) is 3.19. The first kappa shape index (κ1) is 9.60. The number of fused-ring (bicyclic) bond motifs is 3. The van der Waals surface area contributed by atoms with Gasteiger partial charge < -0.3 is 4.57 Å². The van der Waals surface area contributed by atoms with Crippen molar-refractivity contribution in [2.45, 2.75) is 6.92 Å². The van der Waals surface area contributed by atoms with Gasteiger partial charge in [0, 0.05) is 36.4 Å². The van der Waals surface area contributed by atoms with Gasteiger partial charge in [-0.1, -0.05) is 11.6 Å². The molecule has 16 heavy (non-hydrogen) atoms. The van der Waals surface area contributed by atoms with Gasteiger partial charge in [0.15, 0.2) is 0 Å². The van der Waals surface area contributed by atoms with Crippen LogP contribution in [0.5, 0.6) is 0 Å². The lowest BCUT2D eigenvalue weighted by molar-refractivity contribution is 1.00. The summed E-state index contributed by atoms with van der Waals surface area (Å²) in [7, 11) is 2.04. The lowest BCUT2D eigenvalue weighted by Crippen LogP contribution is -1.90. The van der Waals surface area contributed by atoms with Crippen LogP contribution in [0, 0.1) is 6.92 Å². The standard InChI is InChI=1S/C12H10ClN3/c1-7-5-15-12(13)10-8-6-14-4-3-9(8)16(2)11(7)10/h3-6H,1-2H3. The Balaban J connectivity index is 2.72. The maximum absolute atomic E-state index is 6.17. The number of halogens is 1. The fraction of sp³-hybridized carbons (Fsp3) is 0.167. The van der Waals surface area contributed by atoms with E-state index in [1.54, 1.807) is 12.4 Å². The van der Waals surface area contributed by atoms with Crippen molar-refractivity contribution in [2.24, 2.45) is 7.05 Å². The predicted molar refractivity (Wildman–Crippen MR) is 65.8 cm³/mol. The molecule has 80 valence electrons. The quantitative estimate of drug-likeness (QED) is 0.557. The van der Waals surface area contributed by atoms with Crippen molar-refractivity contribution in [1.82, 2.24) is 14.5 Å². The van der Waals surface area contributed by atoms with E-state index in [0.717, 1.165) is 27.4 Å². The third-order valence-corrected chi connectivity index (χ3v) is 3.24. The van der Waals surface area contributed by atoms with E-state index in [4.69, 9.17) is 11.6 Å². The highest BCUT2D eigenvalue weighted by Gasteiger charge is 2.13. The van der Waals surface area contributed by atoms with Gasteiger partial charge in [0.05, 0.1) is 11.0 Å². The van der Waals surface area contributed by atoms with Crippen LogP contribution in [0.25, 0.3) is 21.8 Å². The number of pyridine rings is 2. The Bertz CT molecular complexity index is 700. The molecule has 3 aromatic rings. The molecule has 3 nitrogen and oxygen atoms in total. The van der Waals surface area contributed by atoms with Crippen molar-refractivity contribution in [1.29, 1.82) is 0 Å². The van der Waals surface area contributed by atoms with Crippen LogP contribution < -0.4 is 0 Å². The van der Waals surface area contributed by atoms with Crippen LogP contribution in [-0.2, 0) is 7.05 Å². The molecular weight excluding hydrogens is 222 g/mol. The summed E-state index contributed by atoms with van der Waals surface area (Å²) in [5.74, 6) is 0. The molecule has 0 aliphatic rings. The fourth-order valence-electron chi connectivity index (χ4n) is 2.24. The van der Waals surface area contributed by atoms with E-state index in [1.165, 1.54) is 0 Å². The minimum absolute atomic E-state index is 0.541. The van der Waals surface area contributed by atoms with Crippen molar-refractivity contribution in [3.05, 3.63) is 35.4 Å².